The number of carbonyl (C=O) groups is 2. The molecule has 2 aromatic carbocycles. The van der Waals surface area contributed by atoms with Crippen LogP contribution in [-0.2, 0) is 11.8 Å². The molecule has 1 atom stereocenters. The third-order valence-corrected chi connectivity index (χ3v) is 6.45. The lowest BCUT2D eigenvalue weighted by atomic mass is 10.1. The highest BCUT2D eigenvalue weighted by Crippen LogP contribution is 2.28. The summed E-state index contributed by atoms with van der Waals surface area (Å²) >= 11 is 1.45. The van der Waals surface area contributed by atoms with Gasteiger partial charge in [-0.25, -0.2) is 4.98 Å². The van der Waals surface area contributed by atoms with E-state index in [0.717, 1.165) is 27.5 Å². The van der Waals surface area contributed by atoms with E-state index >= 15 is 0 Å². The van der Waals surface area contributed by atoms with Crippen molar-refractivity contribution < 1.29 is 9.59 Å². The highest BCUT2D eigenvalue weighted by molar-refractivity contribution is 7.22. The first kappa shape index (κ1) is 17.9. The molecular weight excluding hydrogens is 384 g/mol. The van der Waals surface area contributed by atoms with Crippen molar-refractivity contribution in [3.63, 3.8) is 0 Å². The van der Waals surface area contributed by atoms with Crippen molar-refractivity contribution in [3.05, 3.63) is 60.3 Å². The molecule has 1 fully saturated rings. The SMILES string of the molecule is Cn1ccc2c(C(=O)N3CCCC3C(=O)Nc3nc4ccccc4s3)cccc21. The molecule has 0 bridgehead atoms. The number of amides is 2. The number of aromatic nitrogens is 2. The zero-order chi connectivity index (χ0) is 20.0. The summed E-state index contributed by atoms with van der Waals surface area (Å²) in [7, 11) is 1.96. The van der Waals surface area contributed by atoms with Gasteiger partial charge in [-0.05, 0) is 43.2 Å². The summed E-state index contributed by atoms with van der Waals surface area (Å²) in [5, 5.41) is 4.41. The van der Waals surface area contributed by atoms with Crippen LogP contribution in [0.2, 0.25) is 0 Å². The Labute approximate surface area is 171 Å². The second kappa shape index (κ2) is 7.00. The van der Waals surface area contributed by atoms with Crippen LogP contribution in [0.5, 0.6) is 0 Å². The highest BCUT2D eigenvalue weighted by atomic mass is 32.1. The maximum atomic E-state index is 13.3. The van der Waals surface area contributed by atoms with Gasteiger partial charge >= 0.3 is 0 Å². The lowest BCUT2D eigenvalue weighted by Gasteiger charge is -2.24. The number of anilines is 1. The number of nitrogens with zero attached hydrogens (tertiary/aromatic N) is 3. The van der Waals surface area contributed by atoms with Crippen LogP contribution in [0, 0.1) is 0 Å². The third-order valence-electron chi connectivity index (χ3n) is 5.50. The van der Waals surface area contributed by atoms with E-state index in [1.54, 1.807) is 4.90 Å². The zero-order valence-corrected chi connectivity index (χ0v) is 16.8. The summed E-state index contributed by atoms with van der Waals surface area (Å²) < 4.78 is 3.02. The first-order valence-corrected chi connectivity index (χ1v) is 10.4. The first-order valence-electron chi connectivity index (χ1n) is 9.63. The molecule has 146 valence electrons. The van der Waals surface area contributed by atoms with Crippen molar-refractivity contribution in [1.29, 1.82) is 0 Å². The minimum atomic E-state index is -0.478. The maximum absolute atomic E-state index is 13.3. The smallest absolute Gasteiger partial charge is 0.255 e. The number of fused-ring (bicyclic) bond motifs is 2. The van der Waals surface area contributed by atoms with Crippen LogP contribution in [-0.4, -0.2) is 38.9 Å². The number of carbonyl (C=O) groups excluding carboxylic acids is 2. The Morgan fingerprint density at radius 2 is 2.00 bits per heavy atom. The molecule has 0 saturated carbocycles. The monoisotopic (exact) mass is 404 g/mol. The quantitative estimate of drug-likeness (QED) is 0.561. The van der Waals surface area contributed by atoms with Gasteiger partial charge < -0.3 is 14.8 Å². The minimum absolute atomic E-state index is 0.0938. The molecule has 0 spiro atoms. The van der Waals surface area contributed by atoms with Crippen LogP contribution in [0.4, 0.5) is 5.13 Å². The Morgan fingerprint density at radius 1 is 1.14 bits per heavy atom. The lowest BCUT2D eigenvalue weighted by Crippen LogP contribution is -2.43. The molecule has 3 heterocycles. The molecule has 29 heavy (non-hydrogen) atoms. The molecule has 2 amide bonds. The number of hydrogen-bond acceptors (Lipinski definition) is 4. The fraction of sp³-hybridized carbons (Fsp3) is 0.227. The molecule has 0 radical (unpaired) electrons. The molecule has 6 nitrogen and oxygen atoms in total. The molecular formula is C22H20N4O2S. The number of likely N-dealkylation sites (tertiary alicyclic amines) is 1. The van der Waals surface area contributed by atoms with Crippen LogP contribution in [0.25, 0.3) is 21.1 Å². The molecule has 1 aliphatic rings. The highest BCUT2D eigenvalue weighted by Gasteiger charge is 2.35. The van der Waals surface area contributed by atoms with Gasteiger partial charge in [-0.2, -0.15) is 0 Å². The van der Waals surface area contributed by atoms with E-state index in [4.69, 9.17) is 0 Å². The largest absolute Gasteiger partial charge is 0.351 e. The van der Waals surface area contributed by atoms with Gasteiger partial charge in [-0.1, -0.05) is 29.5 Å². The van der Waals surface area contributed by atoms with E-state index in [-0.39, 0.29) is 11.8 Å². The van der Waals surface area contributed by atoms with Crippen molar-refractivity contribution in [3.8, 4) is 0 Å². The van der Waals surface area contributed by atoms with Crippen molar-refractivity contribution in [1.82, 2.24) is 14.5 Å². The van der Waals surface area contributed by atoms with E-state index in [1.807, 2.05) is 66.3 Å². The number of aryl methyl sites for hydroxylation is 1. The number of para-hydroxylation sites is 1. The number of hydrogen-bond donors (Lipinski definition) is 1. The molecule has 7 heteroatoms. The molecule has 0 aliphatic carbocycles. The standard InChI is InChI=1S/C22H20N4O2S/c1-25-13-11-14-15(6-4-8-17(14)25)21(28)26-12-5-9-18(26)20(27)24-22-23-16-7-2-3-10-19(16)29-22/h2-4,6-8,10-11,13,18H,5,9,12H2,1H3,(H,23,24,27). The van der Waals surface area contributed by atoms with Crippen molar-refractivity contribution in [2.24, 2.45) is 7.05 Å². The zero-order valence-electron chi connectivity index (χ0n) is 16.0. The molecule has 1 unspecified atom stereocenters. The molecule has 2 aromatic heterocycles. The number of rotatable bonds is 3. The average molecular weight is 404 g/mol. The second-order valence-electron chi connectivity index (χ2n) is 7.30. The summed E-state index contributed by atoms with van der Waals surface area (Å²) in [4.78, 5) is 32.4. The summed E-state index contributed by atoms with van der Waals surface area (Å²) in [5.74, 6) is -0.265. The van der Waals surface area contributed by atoms with Crippen molar-refractivity contribution >= 4 is 49.4 Å². The van der Waals surface area contributed by atoms with Gasteiger partial charge in [0.05, 0.1) is 10.2 Å². The average Bonchev–Trinajstić information content (AvgIpc) is 3.45. The second-order valence-corrected chi connectivity index (χ2v) is 8.33. The van der Waals surface area contributed by atoms with E-state index in [1.165, 1.54) is 11.3 Å². The van der Waals surface area contributed by atoms with Crippen LogP contribution >= 0.6 is 11.3 Å². The van der Waals surface area contributed by atoms with E-state index in [0.29, 0.717) is 23.7 Å². The van der Waals surface area contributed by atoms with Gasteiger partial charge in [-0.15, -0.1) is 0 Å². The summed E-state index contributed by atoms with van der Waals surface area (Å²) in [5.41, 5.74) is 2.51. The molecule has 1 aliphatic heterocycles. The fourth-order valence-corrected chi connectivity index (χ4v) is 4.91. The van der Waals surface area contributed by atoms with E-state index < -0.39 is 6.04 Å². The summed E-state index contributed by atoms with van der Waals surface area (Å²) in [6.07, 6.45) is 3.42. The van der Waals surface area contributed by atoms with E-state index in [2.05, 4.69) is 10.3 Å². The van der Waals surface area contributed by atoms with Gasteiger partial charge in [0.2, 0.25) is 5.91 Å². The van der Waals surface area contributed by atoms with E-state index in [9.17, 15) is 9.59 Å². The maximum Gasteiger partial charge on any atom is 0.255 e. The predicted molar refractivity (Wildman–Crippen MR) is 115 cm³/mol. The number of thiazole rings is 1. The van der Waals surface area contributed by atoms with Crippen LogP contribution < -0.4 is 5.32 Å². The Balaban J connectivity index is 1.40. The Morgan fingerprint density at radius 3 is 2.86 bits per heavy atom. The molecule has 4 aromatic rings. The van der Waals surface area contributed by atoms with Gasteiger partial charge in [0.25, 0.3) is 5.91 Å². The topological polar surface area (TPSA) is 67.2 Å². The van der Waals surface area contributed by atoms with Crippen molar-refractivity contribution in [2.45, 2.75) is 18.9 Å². The Hall–Kier alpha value is -3.19. The summed E-state index contributed by atoms with van der Waals surface area (Å²) in [6, 6.07) is 15.0. The molecule has 1 N–H and O–H groups in total. The van der Waals surface area contributed by atoms with Gasteiger partial charge in [-0.3, -0.25) is 9.59 Å². The van der Waals surface area contributed by atoms with Gasteiger partial charge in [0, 0.05) is 36.3 Å². The first-order chi connectivity index (χ1) is 14.1. The molecule has 1 saturated heterocycles. The Bertz CT molecular complexity index is 1210. The number of nitrogens with one attached hydrogen (secondary N) is 1. The van der Waals surface area contributed by atoms with Gasteiger partial charge in [0.1, 0.15) is 6.04 Å². The van der Waals surface area contributed by atoms with Crippen LogP contribution in [0.3, 0.4) is 0 Å². The minimum Gasteiger partial charge on any atom is -0.351 e. The third kappa shape index (κ3) is 3.07. The van der Waals surface area contributed by atoms with Gasteiger partial charge in [0.15, 0.2) is 5.13 Å². The predicted octanol–water partition coefficient (Wildman–Crippen LogP) is 4.03. The van der Waals surface area contributed by atoms with Crippen LogP contribution in [0.1, 0.15) is 23.2 Å². The lowest BCUT2D eigenvalue weighted by molar-refractivity contribution is -0.119. The normalized spacial score (nSPS) is 16.6. The number of benzene rings is 2. The van der Waals surface area contributed by atoms with Crippen molar-refractivity contribution in [2.75, 3.05) is 11.9 Å². The van der Waals surface area contributed by atoms with Crippen LogP contribution in [0.15, 0.2) is 54.7 Å². The fourth-order valence-electron chi connectivity index (χ4n) is 4.04. The Kier molecular flexibility index (Phi) is 4.32. The molecule has 5 rings (SSSR count). The summed E-state index contributed by atoms with van der Waals surface area (Å²) in [6.45, 7) is 0.583.